The van der Waals surface area contributed by atoms with Gasteiger partial charge in [0.25, 0.3) is 5.91 Å². The SMILES string of the molecule is CO[C@H]1O[C@H](CO)[C@@H](OCc2ccccc2)[C@H](OCc2ccccc2)[C@@H]1OCCCC(=O)C=CC(=O)[C@@H](OC(C)=O)[C@H](OC)C(=O)N1C(=O)OC(C)(C)[C@@H]1C(C)C. The van der Waals surface area contributed by atoms with Crippen LogP contribution in [0.3, 0.4) is 0 Å². The summed E-state index contributed by atoms with van der Waals surface area (Å²) in [7, 11) is 2.59. The Morgan fingerprint density at radius 1 is 0.860 bits per heavy atom. The minimum absolute atomic E-state index is 0.0482. The van der Waals surface area contributed by atoms with Gasteiger partial charge in [-0.3, -0.25) is 19.2 Å². The van der Waals surface area contributed by atoms with E-state index in [1.807, 2.05) is 74.5 Å². The number of hydrogen-bond donors (Lipinski definition) is 1. The second kappa shape index (κ2) is 21.4. The summed E-state index contributed by atoms with van der Waals surface area (Å²) in [5.41, 5.74) is 0.793. The van der Waals surface area contributed by atoms with E-state index < -0.39 is 84.1 Å². The predicted molar refractivity (Wildman–Crippen MR) is 203 cm³/mol. The Hall–Kier alpha value is -4.35. The van der Waals surface area contributed by atoms with Crippen molar-refractivity contribution in [3.63, 3.8) is 0 Å². The summed E-state index contributed by atoms with van der Waals surface area (Å²) >= 11 is 0. The highest BCUT2D eigenvalue weighted by Crippen LogP contribution is 2.35. The molecule has 0 aromatic heterocycles. The first kappa shape index (κ1) is 45.4. The minimum atomic E-state index is -1.79. The number of cyclic esters (lactones) is 1. The van der Waals surface area contributed by atoms with E-state index >= 15 is 0 Å². The third kappa shape index (κ3) is 12.1. The average Bonchev–Trinajstić information content (AvgIpc) is 3.44. The maximum absolute atomic E-state index is 13.7. The molecule has 1 N–H and O–H groups in total. The zero-order chi connectivity index (χ0) is 41.7. The number of esters is 1. The molecule has 0 unspecified atom stereocenters. The molecule has 15 nitrogen and oxygen atoms in total. The normalized spacial score (nSPS) is 24.3. The molecule has 2 aliphatic rings. The lowest BCUT2D eigenvalue weighted by atomic mass is 9.88. The monoisotopic (exact) mass is 797 g/mol. The molecule has 312 valence electrons. The standard InChI is InChI=1S/C42H55NO14/c1-26(2)38-42(4,5)57-41(49)43(38)39(48)36(50-6)33(55-27(3)45)31(47)21-20-30(46)19-14-22-52-37-35(54-25-29-17-12-9-13-18-29)34(32(23-44)56-40(37)51-7)53-24-28-15-10-8-11-16-28/h8-13,15-18,20-21,26,32-38,40,44H,14,19,22-25H2,1-7H3/t32-,33-,34-,35+,36+,37+,38+,40+/m1/s1. The van der Waals surface area contributed by atoms with E-state index in [2.05, 4.69) is 0 Å². The molecule has 2 heterocycles. The molecule has 2 aromatic carbocycles. The molecule has 2 fully saturated rings. The largest absolute Gasteiger partial charge is 0.451 e. The van der Waals surface area contributed by atoms with Crippen molar-refractivity contribution >= 4 is 29.5 Å². The fraction of sp³-hybridized carbons (Fsp3) is 0.548. The molecule has 57 heavy (non-hydrogen) atoms. The molecule has 0 aliphatic carbocycles. The van der Waals surface area contributed by atoms with Crippen LogP contribution in [0.1, 0.15) is 58.6 Å². The lowest BCUT2D eigenvalue weighted by Gasteiger charge is -2.45. The zero-order valence-corrected chi connectivity index (χ0v) is 33.6. The number of rotatable bonds is 21. The number of methoxy groups -OCH3 is 2. The second-order valence-electron chi connectivity index (χ2n) is 14.7. The van der Waals surface area contributed by atoms with Crippen LogP contribution in [0.15, 0.2) is 72.8 Å². The van der Waals surface area contributed by atoms with Gasteiger partial charge in [-0.1, -0.05) is 74.5 Å². The number of ketones is 2. The molecule has 8 atom stereocenters. The number of hydrogen-bond acceptors (Lipinski definition) is 14. The number of aliphatic hydroxyl groups is 1. The summed E-state index contributed by atoms with van der Waals surface area (Å²) < 4.78 is 46.7. The second-order valence-corrected chi connectivity index (χ2v) is 14.7. The van der Waals surface area contributed by atoms with E-state index in [1.165, 1.54) is 7.11 Å². The summed E-state index contributed by atoms with van der Waals surface area (Å²) in [5.74, 6) is -3.38. The molecule has 15 heteroatoms. The molecule has 2 aliphatic heterocycles. The maximum Gasteiger partial charge on any atom is 0.417 e. The van der Waals surface area contributed by atoms with Gasteiger partial charge in [0.1, 0.15) is 30.0 Å². The van der Waals surface area contributed by atoms with Gasteiger partial charge in [-0.25, -0.2) is 9.69 Å². The molecular formula is C42H55NO14. The zero-order valence-electron chi connectivity index (χ0n) is 33.6. The lowest BCUT2D eigenvalue weighted by Crippen LogP contribution is -2.61. The summed E-state index contributed by atoms with van der Waals surface area (Å²) in [4.78, 5) is 65.8. The summed E-state index contributed by atoms with van der Waals surface area (Å²) in [6.45, 7) is 8.14. The van der Waals surface area contributed by atoms with Gasteiger partial charge in [-0.15, -0.1) is 0 Å². The van der Waals surface area contributed by atoms with Gasteiger partial charge in [-0.05, 0) is 49.5 Å². The number of nitrogens with zero attached hydrogens (tertiary/aromatic N) is 1. The van der Waals surface area contributed by atoms with Crippen molar-refractivity contribution in [1.29, 1.82) is 0 Å². The number of allylic oxidation sites excluding steroid dienone is 1. The van der Waals surface area contributed by atoms with Crippen LogP contribution in [0.5, 0.6) is 0 Å². The van der Waals surface area contributed by atoms with Gasteiger partial charge in [0.05, 0.1) is 25.9 Å². The van der Waals surface area contributed by atoms with Crippen molar-refractivity contribution < 1.29 is 67.0 Å². The predicted octanol–water partition coefficient (Wildman–Crippen LogP) is 4.11. The lowest BCUT2D eigenvalue weighted by molar-refractivity contribution is -0.319. The number of benzene rings is 2. The number of ether oxygens (including phenoxy) is 8. The highest BCUT2D eigenvalue weighted by atomic mass is 16.7. The average molecular weight is 798 g/mol. The summed E-state index contributed by atoms with van der Waals surface area (Å²) in [6.07, 6.45) is -6.37. The Morgan fingerprint density at radius 2 is 1.46 bits per heavy atom. The first-order chi connectivity index (χ1) is 27.2. The van der Waals surface area contributed by atoms with Crippen LogP contribution >= 0.6 is 0 Å². The highest BCUT2D eigenvalue weighted by Gasteiger charge is 2.55. The van der Waals surface area contributed by atoms with Crippen LogP contribution in [0.2, 0.25) is 0 Å². The topological polar surface area (TPSA) is 183 Å². The van der Waals surface area contributed by atoms with Gasteiger partial charge < -0.3 is 43.0 Å². The van der Waals surface area contributed by atoms with E-state index in [1.54, 1.807) is 13.8 Å². The van der Waals surface area contributed by atoms with Crippen LogP contribution in [-0.2, 0) is 70.3 Å². The van der Waals surface area contributed by atoms with Crippen molar-refractivity contribution in [3.8, 4) is 0 Å². The van der Waals surface area contributed by atoms with Gasteiger partial charge in [-0.2, -0.15) is 0 Å². The molecular weight excluding hydrogens is 742 g/mol. The van der Waals surface area contributed by atoms with Crippen LogP contribution in [0.25, 0.3) is 0 Å². The molecule has 0 bridgehead atoms. The quantitative estimate of drug-likeness (QED) is 0.108. The minimum Gasteiger partial charge on any atom is -0.451 e. The summed E-state index contributed by atoms with van der Waals surface area (Å²) in [5, 5.41) is 10.3. The Kier molecular flexibility index (Phi) is 17.0. The van der Waals surface area contributed by atoms with Crippen molar-refractivity contribution in [2.75, 3.05) is 27.4 Å². The highest BCUT2D eigenvalue weighted by molar-refractivity contribution is 6.05. The maximum atomic E-state index is 13.7. The van der Waals surface area contributed by atoms with Crippen molar-refractivity contribution in [2.24, 2.45) is 5.92 Å². The van der Waals surface area contributed by atoms with Crippen molar-refractivity contribution in [2.45, 2.75) is 115 Å². The fourth-order valence-corrected chi connectivity index (χ4v) is 7.16. The van der Waals surface area contributed by atoms with Gasteiger partial charge in [0.2, 0.25) is 0 Å². The van der Waals surface area contributed by atoms with E-state index in [0.29, 0.717) is 0 Å². The van der Waals surface area contributed by atoms with Gasteiger partial charge >= 0.3 is 12.1 Å². The molecule has 0 saturated carbocycles. The van der Waals surface area contributed by atoms with E-state index in [4.69, 9.17) is 37.9 Å². The van der Waals surface area contributed by atoms with E-state index in [0.717, 1.165) is 42.2 Å². The molecule has 0 spiro atoms. The van der Waals surface area contributed by atoms with E-state index in [9.17, 15) is 29.1 Å². The van der Waals surface area contributed by atoms with Crippen LogP contribution in [0, 0.1) is 5.92 Å². The Labute approximate surface area is 333 Å². The number of carbonyl (C=O) groups is 5. The van der Waals surface area contributed by atoms with Crippen molar-refractivity contribution in [1.82, 2.24) is 4.90 Å². The van der Waals surface area contributed by atoms with Crippen molar-refractivity contribution in [3.05, 3.63) is 83.9 Å². The molecule has 0 radical (unpaired) electrons. The smallest absolute Gasteiger partial charge is 0.417 e. The number of aliphatic hydroxyl groups excluding tert-OH is 1. The van der Waals surface area contributed by atoms with Crippen LogP contribution < -0.4 is 0 Å². The first-order valence-corrected chi connectivity index (χ1v) is 18.9. The van der Waals surface area contributed by atoms with E-state index in [-0.39, 0.29) is 45.2 Å². The Bertz CT molecular complexity index is 1660. The molecule has 2 aromatic rings. The van der Waals surface area contributed by atoms with Gasteiger partial charge in [0, 0.05) is 34.2 Å². The number of imide groups is 1. The molecule has 2 amide bonds. The third-order valence-electron chi connectivity index (χ3n) is 9.64. The molecule has 4 rings (SSSR count). The molecule has 2 saturated heterocycles. The van der Waals surface area contributed by atoms with Crippen LogP contribution in [-0.4, -0.2) is 122 Å². The first-order valence-electron chi connectivity index (χ1n) is 18.9. The number of amides is 2. The number of carbonyl (C=O) groups excluding carboxylic acids is 5. The fourth-order valence-electron chi connectivity index (χ4n) is 7.16. The van der Waals surface area contributed by atoms with Gasteiger partial charge in [0.15, 0.2) is 30.1 Å². The van der Waals surface area contributed by atoms with Crippen LogP contribution in [0.4, 0.5) is 4.79 Å². The summed E-state index contributed by atoms with van der Waals surface area (Å²) in [6, 6.07) is 18.4. The Balaban J connectivity index is 1.42. The third-order valence-corrected chi connectivity index (χ3v) is 9.64. The Morgan fingerprint density at radius 3 is 1.98 bits per heavy atom.